The second kappa shape index (κ2) is 29.6. The molecular weight excluding hydrogens is 1220 g/mol. The highest BCUT2D eigenvalue weighted by molar-refractivity contribution is 5.75. The van der Waals surface area contributed by atoms with Crippen molar-refractivity contribution in [1.29, 1.82) is 0 Å². The molecule has 21 fully saturated rings. The first-order chi connectivity index (χ1) is 42.3. The Kier molecular flexibility index (Phi) is 23.3. The largest absolute Gasteiger partial charge is 0.394 e. The van der Waals surface area contributed by atoms with E-state index in [9.17, 15) is 117 Å². The number of hydrogen-bond acceptors (Lipinski definition) is 37. The van der Waals surface area contributed by atoms with Gasteiger partial charge in [-0.15, -0.1) is 0 Å². The Labute approximate surface area is 500 Å². The number of ether oxygens (including phenoxy) is 14. The number of hydrogen-bond donors (Lipinski definition) is 22. The first-order valence-corrected chi connectivity index (χ1v) is 28.2. The Morgan fingerprint density at radius 2 is 0.584 bits per heavy atom. The van der Waals surface area contributed by atoms with Crippen LogP contribution in [-0.2, 0) is 77.7 Å². The zero-order chi connectivity index (χ0) is 64.8. The van der Waals surface area contributed by atoms with E-state index in [1.54, 1.807) is 0 Å². The molecule has 0 unspecified atom stereocenters. The van der Waals surface area contributed by atoms with E-state index in [1.165, 1.54) is 6.92 Å². The average Bonchev–Trinajstić information content (AvgIpc) is 2.23. The number of aryl methyl sites for hydroxylation is 1. The lowest BCUT2D eigenvalue weighted by molar-refractivity contribution is -0.396. The highest BCUT2D eigenvalue weighted by atomic mass is 16.8. The van der Waals surface area contributed by atoms with Crippen LogP contribution in [0.2, 0.25) is 0 Å². The van der Waals surface area contributed by atoms with Gasteiger partial charge in [-0.2, -0.15) is 0 Å². The molecule has 22 rings (SSSR count). The summed E-state index contributed by atoms with van der Waals surface area (Å²) in [7, 11) is 0. The smallest absolute Gasteiger partial charge is 0.328 e. The second-order valence-electron chi connectivity index (χ2n) is 22.5. The van der Waals surface area contributed by atoms with E-state index in [4.69, 9.17) is 66.3 Å². The summed E-state index contributed by atoms with van der Waals surface area (Å²) in [6, 6.07) is 0. The van der Waals surface area contributed by atoms with Crippen LogP contribution in [0.5, 0.6) is 0 Å². The van der Waals surface area contributed by atoms with E-state index < -0.39 is 285 Å². The van der Waals surface area contributed by atoms with Gasteiger partial charge < -0.3 is 174 Å². The lowest BCUT2D eigenvalue weighted by atomic mass is 9.95. The predicted octanol–water partition coefficient (Wildman–Crippen LogP) is -16.2. The SMILES string of the molecule is Cc1cn(CC(=O)NC[C@H]2O[C@@H]3O[C@H]4[C@H](O)[C@@H](O)[C@@H](O[C@H]5[C@H](O)[C@@H](O)[C@@H](O[C@H]6[C@H](O)[C@@H](O)[C@@H](O[C@H]7[C@H](O)[C@@H](O)[C@@H](O[C@H]8[C@H](O)[C@@H](O)[C@@H](O[C@H]9[C@H](O)[C@@H](O)[C@@H](O[C@H]2[C@H](O)[C@H]3O)O[C@@H]9CO)O[C@@H]8CO)O[C@@H]7CO)O[C@@H]6CO)O[C@@H]5CO)O[C@@H]4CO)c(=O)[nH]c1=O. The minimum Gasteiger partial charge on any atom is -0.394 e. The number of carbonyl (C=O) groups is 1. The molecule has 14 bridgehead atoms. The van der Waals surface area contributed by atoms with Crippen molar-refractivity contribution in [2.45, 2.75) is 228 Å². The van der Waals surface area contributed by atoms with Crippen molar-refractivity contribution < 1.29 is 173 Å². The van der Waals surface area contributed by atoms with Crippen LogP contribution >= 0.6 is 0 Å². The maximum atomic E-state index is 13.4. The van der Waals surface area contributed by atoms with Crippen molar-refractivity contribution in [1.82, 2.24) is 14.9 Å². The van der Waals surface area contributed by atoms with Crippen LogP contribution in [0.3, 0.4) is 0 Å². The van der Waals surface area contributed by atoms with Crippen molar-refractivity contribution >= 4 is 5.91 Å². The van der Waals surface area contributed by atoms with Gasteiger partial charge in [-0.1, -0.05) is 0 Å². The number of aliphatic hydroxyl groups excluding tert-OH is 20. The van der Waals surface area contributed by atoms with Crippen molar-refractivity contribution in [2.75, 3.05) is 46.2 Å². The van der Waals surface area contributed by atoms with Crippen molar-refractivity contribution in [2.24, 2.45) is 0 Å². The molecular formula is C49H77N3O37. The molecule has 21 aliphatic rings. The molecule has 510 valence electrons. The third-order valence-corrected chi connectivity index (χ3v) is 16.6. The molecule has 1 amide bonds. The van der Waals surface area contributed by atoms with Crippen LogP contribution in [0.1, 0.15) is 5.56 Å². The molecule has 40 nitrogen and oxygen atoms in total. The summed E-state index contributed by atoms with van der Waals surface area (Å²) >= 11 is 0. The molecule has 1 aromatic heterocycles. The van der Waals surface area contributed by atoms with Crippen LogP contribution in [0.15, 0.2) is 15.8 Å². The average molecular weight is 1300 g/mol. The van der Waals surface area contributed by atoms with E-state index in [-0.39, 0.29) is 5.56 Å². The van der Waals surface area contributed by atoms with Gasteiger partial charge in [0.25, 0.3) is 5.56 Å². The molecule has 35 atom stereocenters. The molecule has 89 heavy (non-hydrogen) atoms. The summed E-state index contributed by atoms with van der Waals surface area (Å²) in [5.41, 5.74) is -1.71. The van der Waals surface area contributed by atoms with Crippen molar-refractivity contribution in [3.8, 4) is 0 Å². The second-order valence-corrected chi connectivity index (χ2v) is 22.5. The van der Waals surface area contributed by atoms with Gasteiger partial charge in [0.1, 0.15) is 177 Å². The van der Waals surface area contributed by atoms with Gasteiger partial charge in [-0.05, 0) is 6.92 Å². The molecule has 21 saturated heterocycles. The predicted molar refractivity (Wildman–Crippen MR) is 270 cm³/mol. The first kappa shape index (κ1) is 70.1. The van der Waals surface area contributed by atoms with Crippen LogP contribution in [0.4, 0.5) is 0 Å². The van der Waals surface area contributed by atoms with Crippen molar-refractivity contribution in [3.63, 3.8) is 0 Å². The Morgan fingerprint density at radius 3 is 0.809 bits per heavy atom. The number of nitrogens with one attached hydrogen (secondary N) is 2. The van der Waals surface area contributed by atoms with Gasteiger partial charge >= 0.3 is 5.69 Å². The summed E-state index contributed by atoms with van der Waals surface area (Å²) in [6.45, 7) is -6.75. The molecule has 22 N–H and O–H groups in total. The van der Waals surface area contributed by atoms with Gasteiger partial charge in [0.05, 0.1) is 39.6 Å². The monoisotopic (exact) mass is 1300 g/mol. The molecule has 0 aromatic carbocycles. The number of aliphatic hydroxyl groups is 20. The van der Waals surface area contributed by atoms with Crippen LogP contribution in [-0.4, -0.2) is 379 Å². The normalized spacial score (nSPS) is 49.4. The molecule has 0 saturated carbocycles. The third-order valence-electron chi connectivity index (χ3n) is 16.6. The Bertz CT molecular complexity index is 2560. The van der Waals surface area contributed by atoms with E-state index in [0.717, 1.165) is 10.8 Å². The lowest BCUT2D eigenvalue weighted by Crippen LogP contribution is -2.68. The number of aromatic amines is 1. The minimum atomic E-state index is -2.33. The molecule has 40 heteroatoms. The number of nitrogens with zero attached hydrogens (tertiary/aromatic N) is 1. The summed E-state index contributed by atoms with van der Waals surface area (Å²) in [6.07, 6.45) is -71.6. The lowest BCUT2D eigenvalue weighted by Gasteiger charge is -2.50. The van der Waals surface area contributed by atoms with Gasteiger partial charge in [0.15, 0.2) is 44.0 Å². The van der Waals surface area contributed by atoms with E-state index >= 15 is 0 Å². The van der Waals surface area contributed by atoms with Crippen LogP contribution in [0, 0.1) is 6.92 Å². The summed E-state index contributed by atoms with van der Waals surface area (Å²) in [4.78, 5) is 39.9. The summed E-state index contributed by atoms with van der Waals surface area (Å²) < 4.78 is 81.5. The number of amides is 1. The molecule has 0 aliphatic carbocycles. The number of carbonyl (C=O) groups excluding carboxylic acids is 1. The first-order valence-electron chi connectivity index (χ1n) is 28.2. The fourth-order valence-electron chi connectivity index (χ4n) is 11.6. The van der Waals surface area contributed by atoms with E-state index in [2.05, 4.69) is 5.32 Å². The van der Waals surface area contributed by atoms with Crippen LogP contribution in [0.25, 0.3) is 0 Å². The summed E-state index contributed by atoms with van der Waals surface area (Å²) in [5.74, 6) is -0.964. The molecule has 21 aliphatic heterocycles. The molecule has 1 aromatic rings. The third kappa shape index (κ3) is 14.3. The minimum absolute atomic E-state index is 0.0348. The van der Waals surface area contributed by atoms with Crippen molar-refractivity contribution in [3.05, 3.63) is 32.6 Å². The topological polar surface area (TPSA) is 618 Å². The standard InChI is InChI=1S/C49H77N3O37/c1-11-3-52(49(75)51-41(11)74)4-19(59)50-2-12-34-20(60)27(67)42(76-12)84-35-13(5-53)78-44(29(69)22(35)62)86-37-15(7-55)80-46(31(71)24(37)64)88-39-17(9-57)82-48(33(73)26(39)66)89-40-18(10-58)81-47(32(72)25(40)65)87-38-16(8-56)79-45(30(70)23(38)63)85-36-14(6-54)77-43(83-34)28(68)21(36)61/h3,12-18,20-40,42-48,53-58,60-73H,2,4-10H2,1H3,(H,50,59)(H,51,74,75)/t12-,13-,14-,15-,16-,17-,18-,20-,21-,22-,23-,24-,25-,26-,27-,28-,29-,30-,31-,32-,33-,34-,35-,36-,37-,38-,39-,40-,42-,43-,44-,45-,46-,47-,48-/m1/s1. The quantitative estimate of drug-likeness (QED) is 0.103. The fourth-order valence-corrected chi connectivity index (χ4v) is 11.6. The Balaban J connectivity index is 1.02. The fraction of sp³-hybridized carbons (Fsp3) is 0.898. The van der Waals surface area contributed by atoms with Gasteiger partial charge in [0, 0.05) is 18.3 Å². The van der Waals surface area contributed by atoms with Gasteiger partial charge in [-0.3, -0.25) is 19.1 Å². The summed E-state index contributed by atoms with van der Waals surface area (Å²) in [5, 5.41) is 226. The van der Waals surface area contributed by atoms with Crippen LogP contribution < -0.4 is 16.6 Å². The van der Waals surface area contributed by atoms with Gasteiger partial charge in [0.2, 0.25) is 5.91 Å². The zero-order valence-corrected chi connectivity index (χ0v) is 46.8. The highest BCUT2D eigenvalue weighted by Crippen LogP contribution is 2.39. The number of aromatic nitrogens is 2. The van der Waals surface area contributed by atoms with E-state index in [0.29, 0.717) is 0 Å². The van der Waals surface area contributed by atoms with Gasteiger partial charge in [-0.25, -0.2) is 4.79 Å². The maximum Gasteiger partial charge on any atom is 0.328 e. The number of H-pyrrole nitrogens is 1. The number of rotatable bonds is 10. The maximum absolute atomic E-state index is 13.4. The molecule has 22 heterocycles. The highest BCUT2D eigenvalue weighted by Gasteiger charge is 2.59. The Morgan fingerprint density at radius 1 is 0.371 bits per heavy atom. The van der Waals surface area contributed by atoms with E-state index in [1.807, 2.05) is 4.98 Å². The zero-order valence-electron chi connectivity index (χ0n) is 46.8. The Hall–Kier alpha value is -3.21. The molecule has 0 radical (unpaired) electrons. The molecule has 0 spiro atoms.